The summed E-state index contributed by atoms with van der Waals surface area (Å²) in [5.74, 6) is 0.995. The Hall–Kier alpha value is -1.64. The molecule has 3 rings (SSSR count). The third-order valence-corrected chi connectivity index (χ3v) is 5.72. The van der Waals surface area contributed by atoms with Gasteiger partial charge in [-0.2, -0.15) is 0 Å². The molecule has 0 unspecified atom stereocenters. The highest BCUT2D eigenvalue weighted by molar-refractivity contribution is 9.10. The van der Waals surface area contributed by atoms with Gasteiger partial charge in [-0.05, 0) is 35.7 Å². The fourth-order valence-electron chi connectivity index (χ4n) is 1.85. The Morgan fingerprint density at radius 2 is 2.04 bits per heavy atom. The highest BCUT2D eigenvalue weighted by Crippen LogP contribution is 2.22. The van der Waals surface area contributed by atoms with Crippen LogP contribution in [0.3, 0.4) is 0 Å². The fourth-order valence-corrected chi connectivity index (χ4v) is 3.80. The van der Waals surface area contributed by atoms with Crippen molar-refractivity contribution in [2.24, 2.45) is 7.05 Å². The molecule has 0 atom stereocenters. The number of anilines is 2. The molecule has 118 valence electrons. The maximum absolute atomic E-state index is 12.4. The van der Waals surface area contributed by atoms with Crippen LogP contribution in [-0.2, 0) is 12.8 Å². The summed E-state index contributed by atoms with van der Waals surface area (Å²) in [6.07, 6.45) is 0. The van der Waals surface area contributed by atoms with Crippen LogP contribution in [0, 0.1) is 0 Å². The highest BCUT2D eigenvalue weighted by Gasteiger charge is 2.10. The van der Waals surface area contributed by atoms with Gasteiger partial charge in [-0.1, -0.05) is 33.8 Å². The molecule has 0 fully saturated rings. The van der Waals surface area contributed by atoms with Gasteiger partial charge >= 0.3 is 0 Å². The second-order valence-corrected chi connectivity index (χ2v) is 7.59. The summed E-state index contributed by atoms with van der Waals surface area (Å²) < 4.78 is 2.49. The van der Waals surface area contributed by atoms with E-state index in [0.29, 0.717) is 5.16 Å². The van der Waals surface area contributed by atoms with Crippen molar-refractivity contribution in [1.82, 2.24) is 14.8 Å². The summed E-state index contributed by atoms with van der Waals surface area (Å²) in [4.78, 5) is 13.6. The Labute approximate surface area is 149 Å². The first-order valence-electron chi connectivity index (χ1n) is 6.75. The molecule has 0 spiro atoms. The Morgan fingerprint density at radius 3 is 2.74 bits per heavy atom. The number of rotatable bonds is 5. The molecule has 2 aromatic heterocycles. The Morgan fingerprint density at radius 1 is 1.26 bits per heavy atom. The summed E-state index contributed by atoms with van der Waals surface area (Å²) in [5.41, 5.74) is 0.593. The molecule has 5 nitrogen and oxygen atoms in total. The zero-order valence-electron chi connectivity index (χ0n) is 12.2. The average molecular weight is 409 g/mol. The third-order valence-electron chi connectivity index (χ3n) is 3.06. The van der Waals surface area contributed by atoms with Gasteiger partial charge in [-0.25, -0.2) is 0 Å². The van der Waals surface area contributed by atoms with E-state index in [1.165, 1.54) is 21.2 Å². The lowest BCUT2D eigenvalue weighted by Crippen LogP contribution is -2.24. The zero-order chi connectivity index (χ0) is 16.2. The van der Waals surface area contributed by atoms with Crippen molar-refractivity contribution in [3.8, 4) is 0 Å². The first kappa shape index (κ1) is 16.2. The topological polar surface area (TPSA) is 59.8 Å². The predicted octanol–water partition coefficient (Wildman–Crippen LogP) is 4.04. The van der Waals surface area contributed by atoms with Gasteiger partial charge in [0.1, 0.15) is 0 Å². The van der Waals surface area contributed by atoms with Gasteiger partial charge in [0.2, 0.25) is 5.82 Å². The second kappa shape index (κ2) is 7.29. The second-order valence-electron chi connectivity index (χ2n) is 4.70. The molecular formula is C15H13BrN4OS2. The number of nitrogens with one attached hydrogen (secondary N) is 1. The van der Waals surface area contributed by atoms with Crippen molar-refractivity contribution in [2.75, 3.05) is 5.32 Å². The van der Waals surface area contributed by atoms with E-state index in [2.05, 4.69) is 37.5 Å². The summed E-state index contributed by atoms with van der Waals surface area (Å²) in [6, 6.07) is 11.6. The molecule has 3 aromatic rings. The van der Waals surface area contributed by atoms with E-state index in [0.717, 1.165) is 15.9 Å². The van der Waals surface area contributed by atoms with Crippen LogP contribution in [0.15, 0.2) is 56.2 Å². The van der Waals surface area contributed by atoms with Gasteiger partial charge in [-0.15, -0.1) is 21.5 Å². The van der Waals surface area contributed by atoms with Gasteiger partial charge in [0.15, 0.2) is 5.16 Å². The van der Waals surface area contributed by atoms with Crippen LogP contribution < -0.4 is 10.9 Å². The Balaban J connectivity index is 1.77. The van der Waals surface area contributed by atoms with E-state index >= 15 is 0 Å². The van der Waals surface area contributed by atoms with Crippen molar-refractivity contribution in [2.45, 2.75) is 10.9 Å². The van der Waals surface area contributed by atoms with E-state index in [1.807, 2.05) is 35.7 Å². The number of nitrogens with zero attached hydrogens (tertiary/aromatic N) is 3. The average Bonchev–Trinajstić information content (AvgIpc) is 3.07. The van der Waals surface area contributed by atoms with Crippen molar-refractivity contribution in [3.05, 3.63) is 61.5 Å². The lowest BCUT2D eigenvalue weighted by Gasteiger charge is -2.09. The molecule has 0 saturated heterocycles. The van der Waals surface area contributed by atoms with Crippen LogP contribution in [0.2, 0.25) is 0 Å². The van der Waals surface area contributed by atoms with Crippen LogP contribution in [0.4, 0.5) is 11.5 Å². The van der Waals surface area contributed by atoms with E-state index in [4.69, 9.17) is 0 Å². The monoisotopic (exact) mass is 408 g/mol. The maximum Gasteiger partial charge on any atom is 0.297 e. The van der Waals surface area contributed by atoms with E-state index < -0.39 is 0 Å². The van der Waals surface area contributed by atoms with Crippen LogP contribution >= 0.6 is 39.0 Å². The number of thioether (sulfide) groups is 1. The van der Waals surface area contributed by atoms with Crippen LogP contribution in [-0.4, -0.2) is 14.8 Å². The maximum atomic E-state index is 12.4. The molecule has 0 amide bonds. The third kappa shape index (κ3) is 4.01. The smallest absolute Gasteiger partial charge is 0.297 e. The highest BCUT2D eigenvalue weighted by atomic mass is 79.9. The first-order chi connectivity index (χ1) is 11.1. The molecular weight excluding hydrogens is 396 g/mol. The van der Waals surface area contributed by atoms with Gasteiger partial charge in [0.25, 0.3) is 5.56 Å². The lowest BCUT2D eigenvalue weighted by molar-refractivity contribution is 0.667. The SMILES string of the molecule is Cn1c(SCc2cccs2)nnc(Nc2ccc(Br)cc2)c1=O. The molecule has 0 saturated carbocycles. The predicted molar refractivity (Wildman–Crippen MR) is 98.6 cm³/mol. The van der Waals surface area contributed by atoms with Gasteiger partial charge in [0, 0.05) is 27.8 Å². The van der Waals surface area contributed by atoms with Crippen LogP contribution in [0.25, 0.3) is 0 Å². The molecule has 1 N–H and O–H groups in total. The molecule has 1 aromatic carbocycles. The molecule has 2 heterocycles. The van der Waals surface area contributed by atoms with Gasteiger partial charge in [-0.3, -0.25) is 9.36 Å². The Bertz CT molecular complexity index is 847. The number of benzene rings is 1. The van der Waals surface area contributed by atoms with Crippen molar-refractivity contribution in [3.63, 3.8) is 0 Å². The van der Waals surface area contributed by atoms with E-state index in [1.54, 1.807) is 18.4 Å². The zero-order valence-corrected chi connectivity index (χ0v) is 15.4. The van der Waals surface area contributed by atoms with Crippen LogP contribution in [0.5, 0.6) is 0 Å². The standard InChI is InChI=1S/C15H13BrN4OS2/c1-20-14(21)13(17-11-6-4-10(16)5-7-11)18-19-15(20)23-9-12-3-2-8-22-12/h2-8H,9H2,1H3,(H,17,18). The molecule has 0 radical (unpaired) electrons. The molecule has 0 aliphatic rings. The largest absolute Gasteiger partial charge is 0.334 e. The Kier molecular flexibility index (Phi) is 5.14. The van der Waals surface area contributed by atoms with Gasteiger partial charge < -0.3 is 5.32 Å². The first-order valence-corrected chi connectivity index (χ1v) is 9.41. The summed E-state index contributed by atoms with van der Waals surface area (Å²) in [5, 5.41) is 13.8. The fraction of sp³-hybridized carbons (Fsp3) is 0.133. The van der Waals surface area contributed by atoms with Gasteiger partial charge in [0.05, 0.1) is 0 Å². The minimum Gasteiger partial charge on any atom is -0.334 e. The number of hydrogen-bond donors (Lipinski definition) is 1. The number of aromatic nitrogens is 3. The van der Waals surface area contributed by atoms with Crippen molar-refractivity contribution in [1.29, 1.82) is 0 Å². The lowest BCUT2D eigenvalue weighted by atomic mass is 10.3. The molecule has 8 heteroatoms. The quantitative estimate of drug-likeness (QED) is 0.645. The molecule has 23 heavy (non-hydrogen) atoms. The number of thiophene rings is 1. The van der Waals surface area contributed by atoms with Crippen LogP contribution in [0.1, 0.15) is 4.88 Å². The normalized spacial score (nSPS) is 10.7. The summed E-state index contributed by atoms with van der Waals surface area (Å²) >= 11 is 6.56. The van der Waals surface area contributed by atoms with Crippen molar-refractivity contribution < 1.29 is 0 Å². The van der Waals surface area contributed by atoms with Crippen molar-refractivity contribution >= 4 is 50.5 Å². The summed E-state index contributed by atoms with van der Waals surface area (Å²) in [7, 11) is 1.71. The number of hydrogen-bond acceptors (Lipinski definition) is 6. The summed E-state index contributed by atoms with van der Waals surface area (Å²) in [6.45, 7) is 0. The molecule has 0 aliphatic heterocycles. The van der Waals surface area contributed by atoms with E-state index in [-0.39, 0.29) is 11.4 Å². The van der Waals surface area contributed by atoms with E-state index in [9.17, 15) is 4.79 Å². The minimum atomic E-state index is -0.198. The number of halogens is 1. The minimum absolute atomic E-state index is 0.198. The molecule has 0 bridgehead atoms. The molecule has 0 aliphatic carbocycles.